The molecule has 0 aliphatic carbocycles. The smallest absolute Gasteiger partial charge is 0.245 e. The molecule has 1 atom stereocenters. The lowest BCUT2D eigenvalue weighted by Gasteiger charge is -2.14. The van der Waals surface area contributed by atoms with E-state index in [1.165, 1.54) is 6.20 Å². The van der Waals surface area contributed by atoms with E-state index in [1.807, 2.05) is 37.3 Å². The van der Waals surface area contributed by atoms with Gasteiger partial charge in [-0.1, -0.05) is 59.6 Å². The number of hydrogen-bond donors (Lipinski definition) is 2. The first-order valence-corrected chi connectivity index (χ1v) is 8.11. The van der Waals surface area contributed by atoms with Gasteiger partial charge in [0, 0.05) is 0 Å². The van der Waals surface area contributed by atoms with Gasteiger partial charge in [-0.2, -0.15) is 10.1 Å². The summed E-state index contributed by atoms with van der Waals surface area (Å²) in [5.41, 5.74) is 1.72. The van der Waals surface area contributed by atoms with Crippen molar-refractivity contribution in [3.8, 4) is 0 Å². The second kappa shape index (κ2) is 7.47. The average Bonchev–Trinajstić information content (AvgIpc) is 2.59. The van der Waals surface area contributed by atoms with Gasteiger partial charge in [-0.15, -0.1) is 5.10 Å². The van der Waals surface area contributed by atoms with Crippen LogP contribution in [0.25, 0.3) is 0 Å². The number of hydrogen-bond acceptors (Lipinski definition) is 5. The zero-order valence-electron chi connectivity index (χ0n) is 12.9. The van der Waals surface area contributed by atoms with Gasteiger partial charge in [0.1, 0.15) is 0 Å². The van der Waals surface area contributed by atoms with E-state index < -0.39 is 0 Å². The fraction of sp³-hybridized carbons (Fsp3) is 0.118. The summed E-state index contributed by atoms with van der Waals surface area (Å²) in [5.74, 6) is 0.919. The molecule has 0 radical (unpaired) electrons. The predicted molar refractivity (Wildman–Crippen MR) is 98.1 cm³/mol. The van der Waals surface area contributed by atoms with Gasteiger partial charge >= 0.3 is 0 Å². The highest BCUT2D eigenvalue weighted by molar-refractivity contribution is 6.39. The van der Waals surface area contributed by atoms with Crippen LogP contribution in [-0.2, 0) is 0 Å². The van der Waals surface area contributed by atoms with Gasteiger partial charge in [0.15, 0.2) is 5.82 Å². The van der Waals surface area contributed by atoms with E-state index in [-0.39, 0.29) is 6.04 Å². The van der Waals surface area contributed by atoms with Crippen LogP contribution in [-0.4, -0.2) is 15.2 Å². The van der Waals surface area contributed by atoms with Crippen LogP contribution < -0.4 is 10.6 Å². The molecule has 2 N–H and O–H groups in total. The van der Waals surface area contributed by atoms with Crippen molar-refractivity contribution in [1.29, 1.82) is 0 Å². The molecule has 0 saturated heterocycles. The molecule has 0 saturated carbocycles. The third-order valence-corrected chi connectivity index (χ3v) is 4.05. The number of para-hydroxylation sites is 1. The first-order valence-electron chi connectivity index (χ1n) is 7.36. The van der Waals surface area contributed by atoms with Crippen LogP contribution in [0.3, 0.4) is 0 Å². The van der Waals surface area contributed by atoms with Gasteiger partial charge in [-0.25, -0.2) is 0 Å². The number of benzene rings is 2. The quantitative estimate of drug-likeness (QED) is 0.663. The molecule has 24 heavy (non-hydrogen) atoms. The highest BCUT2D eigenvalue weighted by atomic mass is 35.5. The van der Waals surface area contributed by atoms with Crippen LogP contribution >= 0.6 is 23.2 Å². The molecular weight excluding hydrogens is 345 g/mol. The van der Waals surface area contributed by atoms with Gasteiger partial charge in [0.25, 0.3) is 0 Å². The Morgan fingerprint density at radius 3 is 2.38 bits per heavy atom. The van der Waals surface area contributed by atoms with Crippen molar-refractivity contribution >= 4 is 40.7 Å². The Morgan fingerprint density at radius 2 is 1.67 bits per heavy atom. The summed E-state index contributed by atoms with van der Waals surface area (Å²) >= 11 is 12.3. The van der Waals surface area contributed by atoms with E-state index in [4.69, 9.17) is 23.2 Å². The fourth-order valence-electron chi connectivity index (χ4n) is 2.19. The normalized spacial score (nSPS) is 11.8. The maximum absolute atomic E-state index is 6.16. The van der Waals surface area contributed by atoms with Crippen molar-refractivity contribution in [2.75, 3.05) is 10.6 Å². The van der Waals surface area contributed by atoms with E-state index >= 15 is 0 Å². The van der Waals surface area contributed by atoms with Crippen molar-refractivity contribution in [1.82, 2.24) is 15.2 Å². The Kier molecular flexibility index (Phi) is 5.13. The Hall–Kier alpha value is -2.37. The van der Waals surface area contributed by atoms with E-state index in [0.29, 0.717) is 27.5 Å². The van der Waals surface area contributed by atoms with Gasteiger partial charge in [-0.05, 0) is 24.6 Å². The number of nitrogens with one attached hydrogen (secondary N) is 2. The summed E-state index contributed by atoms with van der Waals surface area (Å²) in [6.45, 7) is 2.03. The van der Waals surface area contributed by atoms with Gasteiger partial charge in [0.05, 0.1) is 28.0 Å². The number of halogens is 2. The Balaban J connectivity index is 1.77. The van der Waals surface area contributed by atoms with Crippen LogP contribution in [0.15, 0.2) is 54.7 Å². The third-order valence-electron chi connectivity index (χ3n) is 3.42. The number of nitrogens with zero attached hydrogens (tertiary/aromatic N) is 3. The minimum absolute atomic E-state index is 0.0483. The van der Waals surface area contributed by atoms with Gasteiger partial charge < -0.3 is 10.6 Å². The van der Waals surface area contributed by atoms with Crippen molar-refractivity contribution in [3.05, 3.63) is 70.3 Å². The highest BCUT2D eigenvalue weighted by Crippen LogP contribution is 2.32. The van der Waals surface area contributed by atoms with Crippen LogP contribution in [0.5, 0.6) is 0 Å². The van der Waals surface area contributed by atoms with E-state index in [0.717, 1.165) is 5.56 Å². The number of aromatic nitrogens is 3. The molecule has 1 heterocycles. The van der Waals surface area contributed by atoms with Gasteiger partial charge in [-0.3, -0.25) is 0 Å². The molecule has 3 aromatic rings. The number of rotatable bonds is 5. The highest BCUT2D eigenvalue weighted by Gasteiger charge is 2.10. The molecule has 3 rings (SSSR count). The largest absolute Gasteiger partial charge is 0.346 e. The SMILES string of the molecule is CC(Nc1nncc(Nc2c(Cl)cccc2Cl)n1)c1ccccc1. The summed E-state index contributed by atoms with van der Waals surface area (Å²) in [6.07, 6.45) is 1.51. The standard InChI is InChI=1S/C17H15Cl2N5/c1-11(12-6-3-2-4-7-12)21-17-23-15(10-20-24-17)22-16-13(18)8-5-9-14(16)19/h2-11H,1H3,(H2,21,22,23,24). The molecule has 1 aromatic heterocycles. The molecule has 0 aliphatic heterocycles. The molecule has 122 valence electrons. The summed E-state index contributed by atoms with van der Waals surface area (Å²) in [7, 11) is 0. The molecule has 0 fully saturated rings. The Bertz CT molecular complexity index is 806. The van der Waals surface area contributed by atoms with Crippen molar-refractivity contribution in [2.24, 2.45) is 0 Å². The lowest BCUT2D eigenvalue weighted by atomic mass is 10.1. The first-order chi connectivity index (χ1) is 11.6. The second-order valence-corrected chi connectivity index (χ2v) is 5.98. The van der Waals surface area contributed by atoms with E-state index in [2.05, 4.69) is 25.8 Å². The van der Waals surface area contributed by atoms with E-state index in [1.54, 1.807) is 18.2 Å². The molecule has 0 spiro atoms. The molecule has 0 amide bonds. The maximum atomic E-state index is 6.16. The minimum atomic E-state index is 0.0483. The van der Waals surface area contributed by atoms with Crippen molar-refractivity contribution in [2.45, 2.75) is 13.0 Å². The monoisotopic (exact) mass is 359 g/mol. The summed E-state index contributed by atoms with van der Waals surface area (Å²) in [4.78, 5) is 4.40. The average molecular weight is 360 g/mol. The van der Waals surface area contributed by atoms with Crippen molar-refractivity contribution < 1.29 is 0 Å². The van der Waals surface area contributed by atoms with Gasteiger partial charge in [0.2, 0.25) is 5.95 Å². The maximum Gasteiger partial charge on any atom is 0.245 e. The van der Waals surface area contributed by atoms with Crippen LogP contribution in [0.4, 0.5) is 17.5 Å². The van der Waals surface area contributed by atoms with Crippen LogP contribution in [0.2, 0.25) is 10.0 Å². The zero-order chi connectivity index (χ0) is 16.9. The summed E-state index contributed by atoms with van der Waals surface area (Å²) in [6, 6.07) is 15.4. The van der Waals surface area contributed by atoms with Crippen molar-refractivity contribution in [3.63, 3.8) is 0 Å². The minimum Gasteiger partial charge on any atom is -0.346 e. The van der Waals surface area contributed by atoms with Crippen LogP contribution in [0, 0.1) is 0 Å². The lowest BCUT2D eigenvalue weighted by molar-refractivity contribution is 0.841. The molecular formula is C17H15Cl2N5. The molecule has 7 heteroatoms. The summed E-state index contributed by atoms with van der Waals surface area (Å²) in [5, 5.41) is 15.3. The zero-order valence-corrected chi connectivity index (χ0v) is 14.4. The lowest BCUT2D eigenvalue weighted by Crippen LogP contribution is -2.11. The van der Waals surface area contributed by atoms with Crippen LogP contribution in [0.1, 0.15) is 18.5 Å². The molecule has 0 aliphatic rings. The first kappa shape index (κ1) is 16.5. The third kappa shape index (κ3) is 3.93. The number of anilines is 3. The Morgan fingerprint density at radius 1 is 0.958 bits per heavy atom. The topological polar surface area (TPSA) is 62.7 Å². The molecule has 5 nitrogen and oxygen atoms in total. The predicted octanol–water partition coefficient (Wildman–Crippen LogP) is 5.10. The van der Waals surface area contributed by atoms with E-state index in [9.17, 15) is 0 Å². The molecule has 2 aromatic carbocycles. The second-order valence-electron chi connectivity index (χ2n) is 5.16. The molecule has 0 bridgehead atoms. The Labute approximate surface area is 150 Å². The fourth-order valence-corrected chi connectivity index (χ4v) is 2.68. The summed E-state index contributed by atoms with van der Waals surface area (Å²) < 4.78 is 0. The molecule has 1 unspecified atom stereocenters.